The Kier molecular flexibility index (Phi) is 11.8. The van der Waals surface area contributed by atoms with E-state index in [-0.39, 0.29) is 5.91 Å². The zero-order chi connectivity index (χ0) is 34.5. The molecule has 0 bridgehead atoms. The minimum absolute atomic E-state index is 0.211. The molecule has 10 nitrogen and oxygen atoms in total. The van der Waals surface area contributed by atoms with Gasteiger partial charge in [-0.3, -0.25) is 9.69 Å². The summed E-state index contributed by atoms with van der Waals surface area (Å²) in [5.74, 6) is 0.305. The predicted molar refractivity (Wildman–Crippen MR) is 199 cm³/mol. The van der Waals surface area contributed by atoms with Gasteiger partial charge in [0, 0.05) is 77.0 Å². The smallest absolute Gasteiger partial charge is 0.256 e. The van der Waals surface area contributed by atoms with E-state index in [1.54, 1.807) is 7.11 Å². The molecule has 0 saturated carbocycles. The van der Waals surface area contributed by atoms with Crippen LogP contribution in [0.3, 0.4) is 0 Å². The summed E-state index contributed by atoms with van der Waals surface area (Å²) in [5.41, 5.74) is 5.67. The molecule has 4 aromatic rings. The molecule has 1 amide bonds. The molecule has 0 aliphatic carbocycles. The first-order chi connectivity index (χ1) is 22.8. The number of anilines is 1. The maximum absolute atomic E-state index is 13.4. The first-order valence-electron chi connectivity index (χ1n) is 17.1. The number of carbonyl (C=O) groups excluding carboxylic acids is 1. The number of rotatable bonds is 16. The standard InChI is InChI=1S/C36H54N6O4Si2/c1-40-15-9-10-31(40)33-20-29-22-37-35(21-32(29)41(33)25-45-16-18-47(3,4)5)39-36(43)28-13-11-27(12-14-28)30-23-38-42(34(30)24-44-2)26-46-17-19-48(6,7)8/h11-14,20-23,31H,9-10,15-19,24-26H2,1-8H3,(H,37,39,43)/t31-/m1/s1. The molecule has 0 spiro atoms. The Morgan fingerprint density at radius 2 is 1.65 bits per heavy atom. The number of hydrogen-bond acceptors (Lipinski definition) is 7. The average Bonchev–Trinajstić information content (AvgIpc) is 3.73. The number of methoxy groups -OCH3 is 1. The summed E-state index contributed by atoms with van der Waals surface area (Å²) in [4.78, 5) is 20.4. The van der Waals surface area contributed by atoms with Gasteiger partial charge in [0.15, 0.2) is 0 Å². The monoisotopic (exact) mass is 690 g/mol. The maximum atomic E-state index is 13.4. The van der Waals surface area contributed by atoms with Crippen LogP contribution in [0.4, 0.5) is 5.82 Å². The quantitative estimate of drug-likeness (QED) is 0.0952. The van der Waals surface area contributed by atoms with E-state index in [2.05, 4.69) is 77.3 Å². The summed E-state index contributed by atoms with van der Waals surface area (Å²) in [6.45, 7) is 18.0. The molecule has 1 fully saturated rings. The summed E-state index contributed by atoms with van der Waals surface area (Å²) < 4.78 is 21.8. The fourth-order valence-corrected chi connectivity index (χ4v) is 7.57. The first-order valence-corrected chi connectivity index (χ1v) is 24.5. The van der Waals surface area contributed by atoms with Crippen molar-refractivity contribution < 1.29 is 19.0 Å². The summed E-state index contributed by atoms with van der Waals surface area (Å²) in [6, 6.07) is 14.3. The van der Waals surface area contributed by atoms with Gasteiger partial charge in [-0.2, -0.15) is 5.10 Å². The van der Waals surface area contributed by atoms with Gasteiger partial charge in [-0.25, -0.2) is 9.67 Å². The minimum atomic E-state index is -1.20. The Morgan fingerprint density at radius 3 is 2.27 bits per heavy atom. The molecule has 260 valence electrons. The molecule has 0 unspecified atom stereocenters. The fourth-order valence-electron chi connectivity index (χ4n) is 6.05. The SMILES string of the molecule is COCc1c(-c2ccc(C(=O)Nc3cc4c(cn3)cc([C@H]3CCCN3C)n4COCC[Si](C)(C)C)cc2)cnn1COCC[Si](C)(C)C. The van der Waals surface area contributed by atoms with Crippen molar-refractivity contribution in [3.8, 4) is 11.1 Å². The van der Waals surface area contributed by atoms with Crippen LogP contribution in [0.15, 0.2) is 48.8 Å². The molecule has 12 heteroatoms. The highest BCUT2D eigenvalue weighted by molar-refractivity contribution is 6.76. The summed E-state index contributed by atoms with van der Waals surface area (Å²) >= 11 is 0. The van der Waals surface area contributed by atoms with Gasteiger partial charge in [-0.15, -0.1) is 0 Å². The Morgan fingerprint density at radius 1 is 0.958 bits per heavy atom. The van der Waals surface area contributed by atoms with Gasteiger partial charge in [-0.05, 0) is 62.3 Å². The molecular formula is C36H54N6O4Si2. The lowest BCUT2D eigenvalue weighted by atomic mass is 10.0. The van der Waals surface area contributed by atoms with Gasteiger partial charge in [0.2, 0.25) is 0 Å². The molecule has 1 aliphatic rings. The van der Waals surface area contributed by atoms with Gasteiger partial charge in [0.1, 0.15) is 19.3 Å². The van der Waals surface area contributed by atoms with Crippen LogP contribution in [0.5, 0.6) is 0 Å². The highest BCUT2D eigenvalue weighted by Crippen LogP contribution is 2.35. The number of fused-ring (bicyclic) bond motifs is 1. The number of hydrogen-bond donors (Lipinski definition) is 1. The third kappa shape index (κ3) is 9.30. The van der Waals surface area contributed by atoms with Crippen LogP contribution in [0, 0.1) is 0 Å². The Balaban J connectivity index is 1.30. The maximum Gasteiger partial charge on any atom is 0.256 e. The topological polar surface area (TPSA) is 95.7 Å². The number of likely N-dealkylation sites (tertiary alicyclic amines) is 1. The molecule has 5 rings (SSSR count). The lowest BCUT2D eigenvalue weighted by molar-refractivity contribution is 0.0706. The zero-order valence-electron chi connectivity index (χ0n) is 30.1. The van der Waals surface area contributed by atoms with Gasteiger partial charge in [-0.1, -0.05) is 51.4 Å². The number of ether oxygens (including phenoxy) is 3. The van der Waals surface area contributed by atoms with E-state index in [1.807, 2.05) is 47.4 Å². The van der Waals surface area contributed by atoms with Crippen LogP contribution in [-0.4, -0.2) is 80.2 Å². The molecule has 1 saturated heterocycles. The Labute approximate surface area is 287 Å². The lowest BCUT2D eigenvalue weighted by Crippen LogP contribution is -2.23. The van der Waals surface area contributed by atoms with E-state index < -0.39 is 16.1 Å². The van der Waals surface area contributed by atoms with E-state index in [4.69, 9.17) is 14.2 Å². The molecule has 3 aromatic heterocycles. The number of amides is 1. The van der Waals surface area contributed by atoms with Crippen molar-refractivity contribution in [2.45, 2.75) is 90.3 Å². The number of pyridine rings is 1. The van der Waals surface area contributed by atoms with Crippen molar-refractivity contribution in [3.63, 3.8) is 0 Å². The normalized spacial score (nSPS) is 15.9. The second-order valence-corrected chi connectivity index (χ2v) is 26.7. The van der Waals surface area contributed by atoms with Crippen LogP contribution in [-0.2, 0) is 34.3 Å². The number of benzene rings is 1. The van der Waals surface area contributed by atoms with Gasteiger partial charge in [0.05, 0.1) is 24.0 Å². The van der Waals surface area contributed by atoms with E-state index in [0.29, 0.717) is 37.5 Å². The second-order valence-electron chi connectivity index (χ2n) is 15.4. The molecule has 48 heavy (non-hydrogen) atoms. The lowest BCUT2D eigenvalue weighted by Gasteiger charge is -2.22. The van der Waals surface area contributed by atoms with Crippen molar-refractivity contribution in [3.05, 3.63) is 65.7 Å². The highest BCUT2D eigenvalue weighted by atomic mass is 28.3. The molecule has 1 aromatic carbocycles. The third-order valence-corrected chi connectivity index (χ3v) is 12.4. The molecule has 1 N–H and O–H groups in total. The number of aromatic nitrogens is 4. The van der Waals surface area contributed by atoms with Crippen molar-refractivity contribution in [2.75, 3.05) is 39.2 Å². The van der Waals surface area contributed by atoms with Gasteiger partial charge in [0.25, 0.3) is 5.91 Å². The van der Waals surface area contributed by atoms with E-state index in [0.717, 1.165) is 66.0 Å². The van der Waals surface area contributed by atoms with E-state index >= 15 is 0 Å². The molecule has 0 radical (unpaired) electrons. The average molecular weight is 691 g/mol. The van der Waals surface area contributed by atoms with E-state index in [9.17, 15) is 4.79 Å². The number of nitrogens with zero attached hydrogens (tertiary/aromatic N) is 5. The molecular weight excluding hydrogens is 637 g/mol. The van der Waals surface area contributed by atoms with Crippen LogP contribution in [0.1, 0.15) is 40.6 Å². The predicted octanol–water partition coefficient (Wildman–Crippen LogP) is 7.69. The first kappa shape index (κ1) is 36.2. The fraction of sp³-hybridized carbons (Fsp3) is 0.528. The van der Waals surface area contributed by atoms with Crippen LogP contribution in [0.25, 0.3) is 22.0 Å². The second kappa shape index (κ2) is 15.6. The molecule has 1 atom stereocenters. The minimum Gasteiger partial charge on any atom is -0.378 e. The highest BCUT2D eigenvalue weighted by Gasteiger charge is 2.27. The summed E-state index contributed by atoms with van der Waals surface area (Å²) in [5, 5.41) is 8.66. The van der Waals surface area contributed by atoms with Gasteiger partial charge >= 0.3 is 0 Å². The number of nitrogens with one attached hydrogen (secondary N) is 1. The van der Waals surface area contributed by atoms with Crippen molar-refractivity contribution in [2.24, 2.45) is 0 Å². The summed E-state index contributed by atoms with van der Waals surface area (Å²) in [7, 11) is 1.51. The van der Waals surface area contributed by atoms with Crippen LogP contribution < -0.4 is 5.32 Å². The van der Waals surface area contributed by atoms with E-state index in [1.165, 1.54) is 12.1 Å². The number of carbonyl (C=O) groups is 1. The third-order valence-electron chi connectivity index (χ3n) is 9.04. The molecule has 1 aliphatic heterocycles. The molecule has 4 heterocycles. The van der Waals surface area contributed by atoms with Crippen molar-refractivity contribution in [1.82, 2.24) is 24.2 Å². The zero-order valence-corrected chi connectivity index (χ0v) is 32.1. The Bertz CT molecular complexity index is 1670. The van der Waals surface area contributed by atoms with Crippen molar-refractivity contribution in [1.29, 1.82) is 0 Å². The van der Waals surface area contributed by atoms with Gasteiger partial charge < -0.3 is 24.1 Å². The Hall–Kier alpha value is -3.14. The largest absolute Gasteiger partial charge is 0.378 e. The van der Waals surface area contributed by atoms with Crippen molar-refractivity contribution >= 4 is 38.8 Å². The van der Waals surface area contributed by atoms with Crippen LogP contribution >= 0.6 is 0 Å². The summed E-state index contributed by atoms with van der Waals surface area (Å²) in [6.07, 6.45) is 6.00. The van der Waals surface area contributed by atoms with Crippen LogP contribution in [0.2, 0.25) is 51.4 Å².